The number of halogens is 1. The topological polar surface area (TPSA) is 85.8 Å². The second-order valence-corrected chi connectivity index (χ2v) is 6.56. The number of thioether (sulfide) groups is 1. The van der Waals surface area contributed by atoms with Gasteiger partial charge >= 0.3 is 0 Å². The van der Waals surface area contributed by atoms with Crippen LogP contribution >= 0.6 is 11.8 Å². The third-order valence-electron chi connectivity index (χ3n) is 3.70. The highest BCUT2D eigenvalue weighted by molar-refractivity contribution is 7.99. The number of anilines is 1. The van der Waals surface area contributed by atoms with E-state index < -0.39 is 11.9 Å². The SMILES string of the molecule is CCCSc1nc2n(n1)C(c1cccc(F)c1)C(C(N)=O)=C(C)N2. The van der Waals surface area contributed by atoms with Crippen LogP contribution in [0.15, 0.2) is 40.7 Å². The molecule has 0 fully saturated rings. The standard InChI is InChI=1S/C16H18FN5OS/c1-3-7-24-16-20-15-19-9(2)12(14(18)23)13(22(15)21-16)10-5-4-6-11(17)8-10/h4-6,8,13H,3,7H2,1-2H3,(H2,18,23)(H,19,20,21). The largest absolute Gasteiger partial charge is 0.366 e. The molecule has 126 valence electrons. The summed E-state index contributed by atoms with van der Waals surface area (Å²) in [5.41, 5.74) is 7.12. The maximum Gasteiger partial charge on any atom is 0.248 e. The lowest BCUT2D eigenvalue weighted by atomic mass is 9.95. The van der Waals surface area contributed by atoms with E-state index in [0.717, 1.165) is 12.2 Å². The number of carbonyl (C=O) groups excluding carboxylic acids is 1. The number of carbonyl (C=O) groups is 1. The number of nitrogens with two attached hydrogens (primary N) is 1. The Balaban J connectivity index is 2.11. The van der Waals surface area contributed by atoms with Crippen LogP contribution < -0.4 is 11.1 Å². The summed E-state index contributed by atoms with van der Waals surface area (Å²) >= 11 is 1.53. The fourth-order valence-electron chi connectivity index (χ4n) is 2.69. The van der Waals surface area contributed by atoms with Crippen LogP contribution in [0.25, 0.3) is 0 Å². The van der Waals surface area contributed by atoms with Crippen molar-refractivity contribution in [3.8, 4) is 0 Å². The molecule has 0 saturated heterocycles. The quantitative estimate of drug-likeness (QED) is 0.812. The van der Waals surface area contributed by atoms with Crippen molar-refractivity contribution >= 4 is 23.6 Å². The van der Waals surface area contributed by atoms with Crippen molar-refractivity contribution < 1.29 is 9.18 Å². The maximum absolute atomic E-state index is 13.7. The predicted octanol–water partition coefficient (Wildman–Crippen LogP) is 2.69. The number of amides is 1. The molecular weight excluding hydrogens is 329 g/mol. The highest BCUT2D eigenvalue weighted by atomic mass is 32.2. The van der Waals surface area contributed by atoms with Crippen LogP contribution in [0.3, 0.4) is 0 Å². The molecule has 1 aromatic carbocycles. The molecule has 2 aromatic rings. The first-order chi connectivity index (χ1) is 11.5. The molecule has 1 aliphatic heterocycles. The van der Waals surface area contributed by atoms with E-state index in [1.165, 1.54) is 23.9 Å². The molecule has 6 nitrogen and oxygen atoms in total. The van der Waals surface area contributed by atoms with Crippen LogP contribution in [-0.2, 0) is 4.79 Å². The number of aromatic nitrogens is 3. The molecule has 2 heterocycles. The van der Waals surface area contributed by atoms with Gasteiger partial charge in [-0.2, -0.15) is 4.98 Å². The molecular formula is C16H18FN5OS. The summed E-state index contributed by atoms with van der Waals surface area (Å²) in [6, 6.07) is 5.49. The lowest BCUT2D eigenvalue weighted by Crippen LogP contribution is -2.31. The molecule has 0 spiro atoms. The summed E-state index contributed by atoms with van der Waals surface area (Å²) in [6.45, 7) is 3.83. The van der Waals surface area contributed by atoms with E-state index in [4.69, 9.17) is 5.73 Å². The maximum atomic E-state index is 13.7. The summed E-state index contributed by atoms with van der Waals surface area (Å²) in [7, 11) is 0. The summed E-state index contributed by atoms with van der Waals surface area (Å²) in [4.78, 5) is 16.4. The third kappa shape index (κ3) is 3.01. The Morgan fingerprint density at radius 3 is 2.96 bits per heavy atom. The van der Waals surface area contributed by atoms with E-state index in [0.29, 0.717) is 27.9 Å². The molecule has 1 atom stereocenters. The van der Waals surface area contributed by atoms with Crippen molar-refractivity contribution in [3.63, 3.8) is 0 Å². The Labute approximate surface area is 143 Å². The Hall–Kier alpha value is -2.35. The van der Waals surface area contributed by atoms with E-state index in [2.05, 4.69) is 22.3 Å². The number of primary amides is 1. The Morgan fingerprint density at radius 1 is 1.50 bits per heavy atom. The van der Waals surface area contributed by atoms with E-state index in [9.17, 15) is 9.18 Å². The van der Waals surface area contributed by atoms with E-state index in [-0.39, 0.29) is 5.82 Å². The van der Waals surface area contributed by atoms with Gasteiger partial charge in [0.2, 0.25) is 17.0 Å². The second kappa shape index (κ2) is 6.64. The van der Waals surface area contributed by atoms with Gasteiger partial charge in [0, 0.05) is 11.4 Å². The number of nitrogens with zero attached hydrogens (tertiary/aromatic N) is 3. The molecule has 0 aliphatic carbocycles. The van der Waals surface area contributed by atoms with Gasteiger partial charge in [0.05, 0.1) is 5.57 Å². The van der Waals surface area contributed by atoms with Gasteiger partial charge in [-0.05, 0) is 31.0 Å². The van der Waals surface area contributed by atoms with Crippen LogP contribution in [0.5, 0.6) is 0 Å². The number of fused-ring (bicyclic) bond motifs is 1. The van der Waals surface area contributed by atoms with Gasteiger partial charge < -0.3 is 11.1 Å². The zero-order valence-electron chi connectivity index (χ0n) is 13.4. The molecule has 1 aliphatic rings. The van der Waals surface area contributed by atoms with Gasteiger partial charge in [-0.1, -0.05) is 30.8 Å². The minimum absolute atomic E-state index is 0.352. The van der Waals surface area contributed by atoms with Crippen LogP contribution in [-0.4, -0.2) is 26.4 Å². The second-order valence-electron chi connectivity index (χ2n) is 5.50. The number of allylic oxidation sites excluding steroid dienone is 1. The van der Waals surface area contributed by atoms with Crippen molar-refractivity contribution in [3.05, 3.63) is 46.9 Å². The van der Waals surface area contributed by atoms with Crippen molar-refractivity contribution in [2.75, 3.05) is 11.1 Å². The van der Waals surface area contributed by atoms with Crippen LogP contribution in [0, 0.1) is 5.82 Å². The monoisotopic (exact) mass is 347 g/mol. The first-order valence-electron chi connectivity index (χ1n) is 7.63. The van der Waals surface area contributed by atoms with Crippen molar-refractivity contribution in [1.82, 2.24) is 14.8 Å². The van der Waals surface area contributed by atoms with Crippen molar-refractivity contribution in [2.45, 2.75) is 31.5 Å². The van der Waals surface area contributed by atoms with Crippen LogP contribution in [0.4, 0.5) is 10.3 Å². The predicted molar refractivity (Wildman–Crippen MR) is 91.1 cm³/mol. The molecule has 0 bridgehead atoms. The smallest absolute Gasteiger partial charge is 0.248 e. The first kappa shape index (κ1) is 16.5. The zero-order chi connectivity index (χ0) is 17.3. The molecule has 3 N–H and O–H groups in total. The molecule has 0 saturated carbocycles. The average molecular weight is 347 g/mol. The fraction of sp³-hybridized carbons (Fsp3) is 0.312. The summed E-state index contributed by atoms with van der Waals surface area (Å²) in [5, 5.41) is 8.16. The van der Waals surface area contributed by atoms with E-state index in [1.807, 2.05) is 0 Å². The molecule has 3 rings (SSSR count). The van der Waals surface area contributed by atoms with Crippen LogP contribution in [0.1, 0.15) is 31.9 Å². The number of hydrogen-bond acceptors (Lipinski definition) is 5. The lowest BCUT2D eigenvalue weighted by Gasteiger charge is -2.27. The highest BCUT2D eigenvalue weighted by Crippen LogP contribution is 2.36. The van der Waals surface area contributed by atoms with Gasteiger partial charge in [-0.15, -0.1) is 5.10 Å². The average Bonchev–Trinajstić information content (AvgIpc) is 2.93. The molecule has 1 aromatic heterocycles. The molecule has 1 unspecified atom stereocenters. The first-order valence-corrected chi connectivity index (χ1v) is 8.62. The van der Waals surface area contributed by atoms with Gasteiger partial charge in [0.25, 0.3) is 0 Å². The minimum Gasteiger partial charge on any atom is -0.366 e. The zero-order valence-corrected chi connectivity index (χ0v) is 14.2. The van der Waals surface area contributed by atoms with Gasteiger partial charge in [0.15, 0.2) is 0 Å². The number of benzene rings is 1. The molecule has 0 radical (unpaired) electrons. The van der Waals surface area contributed by atoms with Gasteiger partial charge in [-0.25, -0.2) is 9.07 Å². The van der Waals surface area contributed by atoms with E-state index in [1.54, 1.807) is 23.7 Å². The number of hydrogen-bond donors (Lipinski definition) is 2. The fourth-order valence-corrected chi connectivity index (χ4v) is 3.37. The van der Waals surface area contributed by atoms with E-state index >= 15 is 0 Å². The number of rotatable bonds is 5. The highest BCUT2D eigenvalue weighted by Gasteiger charge is 2.33. The summed E-state index contributed by atoms with van der Waals surface area (Å²) < 4.78 is 15.3. The lowest BCUT2D eigenvalue weighted by molar-refractivity contribution is -0.115. The van der Waals surface area contributed by atoms with Crippen LogP contribution in [0.2, 0.25) is 0 Å². The van der Waals surface area contributed by atoms with Gasteiger partial charge in [0.1, 0.15) is 11.9 Å². The van der Waals surface area contributed by atoms with Gasteiger partial charge in [-0.3, -0.25) is 4.79 Å². The summed E-state index contributed by atoms with van der Waals surface area (Å²) in [5.74, 6) is 0.460. The summed E-state index contributed by atoms with van der Waals surface area (Å²) in [6.07, 6.45) is 0.999. The Morgan fingerprint density at radius 2 is 2.29 bits per heavy atom. The normalized spacial score (nSPS) is 16.7. The number of nitrogens with one attached hydrogen (secondary N) is 1. The molecule has 24 heavy (non-hydrogen) atoms. The molecule has 8 heteroatoms. The minimum atomic E-state index is -0.599. The van der Waals surface area contributed by atoms with Crippen molar-refractivity contribution in [1.29, 1.82) is 0 Å². The Kier molecular flexibility index (Phi) is 4.57. The Bertz CT molecular complexity index is 817. The third-order valence-corrected chi connectivity index (χ3v) is 4.74. The molecule has 1 amide bonds. The van der Waals surface area contributed by atoms with Crippen molar-refractivity contribution in [2.24, 2.45) is 5.73 Å².